The molecule has 5 nitrogen and oxygen atoms in total. The van der Waals surface area contributed by atoms with E-state index in [2.05, 4.69) is 10.3 Å². The van der Waals surface area contributed by atoms with E-state index in [0.29, 0.717) is 18.3 Å². The van der Waals surface area contributed by atoms with Gasteiger partial charge in [-0.3, -0.25) is 4.90 Å². The number of ether oxygens (including phenoxy) is 1. The summed E-state index contributed by atoms with van der Waals surface area (Å²) >= 11 is 0. The highest BCUT2D eigenvalue weighted by Gasteiger charge is 2.44. The van der Waals surface area contributed by atoms with Crippen LogP contribution in [0.25, 0.3) is 0 Å². The van der Waals surface area contributed by atoms with E-state index >= 15 is 0 Å². The SMILES string of the molecule is CCC1CCCCC1Nc1ncc(C(F)(F)F)cc1CN1C(=O)O[C@H](c2cc(C(F)(F)F)cc(C(F)(F)F)c2)[C@@H]1C. The maximum Gasteiger partial charge on any atom is 0.417 e. The van der Waals surface area contributed by atoms with Crippen molar-refractivity contribution in [3.63, 3.8) is 0 Å². The lowest BCUT2D eigenvalue weighted by molar-refractivity contribution is -0.143. The average molecular weight is 598 g/mol. The molecule has 2 aliphatic rings. The van der Waals surface area contributed by atoms with Crippen LogP contribution in [0.4, 0.5) is 50.1 Å². The molecule has 1 aromatic heterocycles. The number of amides is 1. The van der Waals surface area contributed by atoms with Gasteiger partial charge < -0.3 is 10.1 Å². The van der Waals surface area contributed by atoms with E-state index in [1.54, 1.807) is 0 Å². The van der Waals surface area contributed by atoms with Gasteiger partial charge in [-0.15, -0.1) is 0 Å². The second kappa shape index (κ2) is 11.2. The fraction of sp³-hybridized carbons (Fsp3) is 0.556. The highest BCUT2D eigenvalue weighted by atomic mass is 19.4. The van der Waals surface area contributed by atoms with E-state index in [-0.39, 0.29) is 29.4 Å². The normalized spacial score (nSPS) is 24.0. The topological polar surface area (TPSA) is 54.5 Å². The van der Waals surface area contributed by atoms with Crippen LogP contribution in [0.5, 0.6) is 0 Å². The van der Waals surface area contributed by atoms with E-state index in [9.17, 15) is 44.3 Å². The van der Waals surface area contributed by atoms with Gasteiger partial charge in [0.05, 0.1) is 29.3 Å². The van der Waals surface area contributed by atoms with Gasteiger partial charge >= 0.3 is 24.6 Å². The van der Waals surface area contributed by atoms with E-state index in [1.807, 2.05) is 6.92 Å². The van der Waals surface area contributed by atoms with Gasteiger partial charge in [0, 0.05) is 17.8 Å². The maximum atomic E-state index is 13.5. The van der Waals surface area contributed by atoms with Gasteiger partial charge in [-0.05, 0) is 55.5 Å². The van der Waals surface area contributed by atoms with Crippen molar-refractivity contribution in [2.45, 2.75) is 89.2 Å². The number of nitrogens with zero attached hydrogens (tertiary/aromatic N) is 2. The van der Waals surface area contributed by atoms with Crippen molar-refractivity contribution in [1.29, 1.82) is 0 Å². The summed E-state index contributed by atoms with van der Waals surface area (Å²) in [5, 5.41) is 3.22. The molecule has 1 aliphatic carbocycles. The van der Waals surface area contributed by atoms with Crippen LogP contribution in [-0.4, -0.2) is 28.1 Å². The Bertz CT molecular complexity index is 1230. The standard InChI is InChI=1S/C27H28F9N3O2/c1-3-15-6-4-5-7-21(15)38-23-17(10-20(12-37-23)27(34,35)36)13-39-14(2)22(41-24(39)40)16-8-18(25(28,29)30)11-19(9-16)26(31,32)33/h8-12,14-15,21-22H,3-7,13H2,1-2H3,(H,37,38)/t14-,15?,21?,22-/m0/s1. The van der Waals surface area contributed by atoms with E-state index in [0.717, 1.165) is 43.1 Å². The number of cyclic esters (lactones) is 1. The van der Waals surface area contributed by atoms with Crippen molar-refractivity contribution >= 4 is 11.9 Å². The van der Waals surface area contributed by atoms with Crippen molar-refractivity contribution in [3.8, 4) is 0 Å². The Hall–Kier alpha value is -3.19. The molecule has 14 heteroatoms. The zero-order chi connectivity index (χ0) is 30.3. The Morgan fingerprint density at radius 1 is 0.902 bits per heavy atom. The van der Waals surface area contributed by atoms with E-state index in [4.69, 9.17) is 4.74 Å². The number of rotatable bonds is 6. The lowest BCUT2D eigenvalue weighted by Crippen LogP contribution is -2.34. The predicted molar refractivity (Wildman–Crippen MR) is 130 cm³/mol. The van der Waals surface area contributed by atoms with Crippen LogP contribution in [0.3, 0.4) is 0 Å². The third-order valence-electron chi connectivity index (χ3n) is 7.72. The summed E-state index contributed by atoms with van der Waals surface area (Å²) in [6.07, 6.45) is -12.5. The van der Waals surface area contributed by atoms with Gasteiger partial charge in [0.25, 0.3) is 0 Å². The molecule has 4 rings (SSSR count). The summed E-state index contributed by atoms with van der Waals surface area (Å²) in [5.41, 5.74) is -4.77. The molecule has 2 heterocycles. The molecule has 1 aliphatic heterocycles. The van der Waals surface area contributed by atoms with Crippen LogP contribution in [0.15, 0.2) is 30.5 Å². The number of anilines is 1. The summed E-state index contributed by atoms with van der Waals surface area (Å²) in [6.45, 7) is 2.88. The zero-order valence-electron chi connectivity index (χ0n) is 22.1. The van der Waals surface area contributed by atoms with Crippen LogP contribution in [-0.2, 0) is 29.8 Å². The molecular formula is C27H28F9N3O2. The molecule has 1 aromatic carbocycles. The van der Waals surface area contributed by atoms with Gasteiger partial charge in [-0.1, -0.05) is 26.2 Å². The molecule has 0 radical (unpaired) electrons. The van der Waals surface area contributed by atoms with Gasteiger partial charge in [-0.2, -0.15) is 39.5 Å². The minimum Gasteiger partial charge on any atom is -0.439 e. The molecule has 0 bridgehead atoms. The Balaban J connectivity index is 1.67. The van der Waals surface area contributed by atoms with Crippen molar-refractivity contribution in [1.82, 2.24) is 9.88 Å². The average Bonchev–Trinajstić information content (AvgIpc) is 3.16. The largest absolute Gasteiger partial charge is 0.439 e. The van der Waals surface area contributed by atoms with Crippen LogP contribution < -0.4 is 5.32 Å². The molecule has 2 unspecified atom stereocenters. The minimum atomic E-state index is -5.11. The maximum absolute atomic E-state index is 13.5. The Morgan fingerprint density at radius 3 is 2.05 bits per heavy atom. The van der Waals surface area contributed by atoms with Gasteiger partial charge in [0.15, 0.2) is 0 Å². The number of hydrogen-bond donors (Lipinski definition) is 1. The first-order chi connectivity index (χ1) is 19.0. The number of halogens is 9. The highest BCUT2D eigenvalue weighted by molar-refractivity contribution is 5.71. The van der Waals surface area contributed by atoms with Crippen LogP contribution in [0, 0.1) is 5.92 Å². The number of aromatic nitrogens is 1. The Labute approximate surface area is 230 Å². The second-order valence-corrected chi connectivity index (χ2v) is 10.4. The Morgan fingerprint density at radius 2 is 1.49 bits per heavy atom. The van der Waals surface area contributed by atoms with Gasteiger partial charge in [-0.25, -0.2) is 9.78 Å². The fourth-order valence-electron chi connectivity index (χ4n) is 5.46. The van der Waals surface area contributed by atoms with Crippen molar-refractivity contribution in [2.24, 2.45) is 5.92 Å². The molecule has 2 fully saturated rings. The van der Waals surface area contributed by atoms with Gasteiger partial charge in [0.1, 0.15) is 11.9 Å². The van der Waals surface area contributed by atoms with Crippen molar-refractivity contribution in [2.75, 3.05) is 5.32 Å². The van der Waals surface area contributed by atoms with Crippen LogP contribution >= 0.6 is 0 Å². The number of carbonyl (C=O) groups is 1. The summed E-state index contributed by atoms with van der Waals surface area (Å²) in [5.74, 6) is 0.370. The predicted octanol–water partition coefficient (Wildman–Crippen LogP) is 8.60. The molecule has 4 atom stereocenters. The fourth-order valence-corrected chi connectivity index (χ4v) is 5.46. The Kier molecular flexibility index (Phi) is 8.43. The summed E-state index contributed by atoms with van der Waals surface area (Å²) < 4.78 is 126. The number of nitrogens with one attached hydrogen (secondary N) is 1. The lowest BCUT2D eigenvalue weighted by Gasteiger charge is -2.33. The van der Waals surface area contributed by atoms with Crippen molar-refractivity contribution in [3.05, 3.63) is 58.3 Å². The number of alkyl halides is 9. The number of carbonyl (C=O) groups excluding carboxylic acids is 1. The molecule has 2 aromatic rings. The zero-order valence-corrected chi connectivity index (χ0v) is 22.1. The minimum absolute atomic E-state index is 0.00951. The van der Waals surface area contributed by atoms with Crippen LogP contribution in [0.2, 0.25) is 0 Å². The third kappa shape index (κ3) is 6.83. The van der Waals surface area contributed by atoms with E-state index in [1.165, 1.54) is 6.92 Å². The highest BCUT2D eigenvalue weighted by Crippen LogP contribution is 2.42. The first-order valence-electron chi connectivity index (χ1n) is 13.1. The third-order valence-corrected chi connectivity index (χ3v) is 7.72. The van der Waals surface area contributed by atoms with Crippen molar-refractivity contribution < 1.29 is 49.0 Å². The molecular weight excluding hydrogens is 569 g/mol. The number of pyridine rings is 1. The molecule has 0 spiro atoms. The van der Waals surface area contributed by atoms with Gasteiger partial charge in [0.2, 0.25) is 0 Å². The summed E-state index contributed by atoms with van der Waals surface area (Å²) in [6, 6.07) is 0.549. The van der Waals surface area contributed by atoms with E-state index < -0.39 is 65.6 Å². The summed E-state index contributed by atoms with van der Waals surface area (Å²) in [7, 11) is 0. The molecule has 1 saturated heterocycles. The molecule has 1 saturated carbocycles. The molecule has 1 N–H and O–H groups in total. The first-order valence-corrected chi connectivity index (χ1v) is 13.1. The first kappa shape index (κ1) is 30.8. The number of benzene rings is 1. The summed E-state index contributed by atoms with van der Waals surface area (Å²) in [4.78, 5) is 17.8. The quantitative estimate of drug-likeness (QED) is 0.339. The molecule has 41 heavy (non-hydrogen) atoms. The molecule has 1 amide bonds. The lowest BCUT2D eigenvalue weighted by atomic mass is 9.83. The monoisotopic (exact) mass is 597 g/mol. The number of hydrogen-bond acceptors (Lipinski definition) is 4. The molecule has 226 valence electrons. The smallest absolute Gasteiger partial charge is 0.417 e. The van der Waals surface area contributed by atoms with Crippen LogP contribution in [0.1, 0.15) is 79.9 Å². The second-order valence-electron chi connectivity index (χ2n) is 10.4.